The molecule has 2 rings (SSSR count). The summed E-state index contributed by atoms with van der Waals surface area (Å²) in [6.07, 6.45) is 10.4. The van der Waals surface area contributed by atoms with Gasteiger partial charge >= 0.3 is 0 Å². The third-order valence-corrected chi connectivity index (χ3v) is 4.15. The molecule has 2 aromatic rings. The third kappa shape index (κ3) is 5.95. The van der Waals surface area contributed by atoms with Gasteiger partial charge in [-0.05, 0) is 36.6 Å². The molecule has 0 bridgehead atoms. The highest BCUT2D eigenvalue weighted by Crippen LogP contribution is 2.08. The summed E-state index contributed by atoms with van der Waals surface area (Å²) in [6, 6.07) is 5.47. The molecule has 0 aromatic carbocycles. The lowest BCUT2D eigenvalue weighted by atomic mass is 10.1. The van der Waals surface area contributed by atoms with Crippen molar-refractivity contribution in [2.75, 3.05) is 20.1 Å². The normalized spacial score (nSPS) is 10.4. The van der Waals surface area contributed by atoms with E-state index in [2.05, 4.69) is 22.2 Å². The number of unbranched alkanes of at least 4 members (excludes halogenated alkanes) is 2. The van der Waals surface area contributed by atoms with Crippen LogP contribution in [0.15, 0.2) is 43.0 Å². The summed E-state index contributed by atoms with van der Waals surface area (Å²) in [7, 11) is 1.75. The van der Waals surface area contributed by atoms with E-state index >= 15 is 0 Å². The monoisotopic (exact) mass is 354 g/mol. The Kier molecular flexibility index (Phi) is 7.74. The number of nitrogens with one attached hydrogen (secondary N) is 1. The second-order valence-corrected chi connectivity index (χ2v) is 6.26. The molecule has 0 unspecified atom stereocenters. The van der Waals surface area contributed by atoms with Crippen molar-refractivity contribution < 1.29 is 9.59 Å². The first-order valence-electron chi connectivity index (χ1n) is 8.99. The lowest BCUT2D eigenvalue weighted by Crippen LogP contribution is -2.30. The van der Waals surface area contributed by atoms with E-state index in [1.807, 2.05) is 12.1 Å². The average molecular weight is 354 g/mol. The maximum Gasteiger partial charge on any atom is 0.255 e. The molecule has 0 aliphatic carbocycles. The van der Waals surface area contributed by atoms with Crippen LogP contribution in [0, 0.1) is 0 Å². The van der Waals surface area contributed by atoms with Gasteiger partial charge in [-0.3, -0.25) is 19.6 Å². The van der Waals surface area contributed by atoms with Crippen molar-refractivity contribution in [3.63, 3.8) is 0 Å². The van der Waals surface area contributed by atoms with E-state index < -0.39 is 0 Å². The number of amides is 2. The van der Waals surface area contributed by atoms with E-state index in [9.17, 15) is 9.59 Å². The molecule has 26 heavy (non-hydrogen) atoms. The number of carbonyl (C=O) groups excluding carboxylic acids is 2. The molecule has 2 aromatic heterocycles. The summed E-state index contributed by atoms with van der Waals surface area (Å²) in [5, 5.41) is 2.87. The number of hydrogen-bond acceptors (Lipinski definition) is 4. The maximum atomic E-state index is 12.6. The molecule has 0 radical (unpaired) electrons. The molecule has 0 saturated carbocycles. The number of nitrogens with zero attached hydrogens (tertiary/aromatic N) is 3. The fourth-order valence-corrected chi connectivity index (χ4v) is 2.53. The molecule has 138 valence electrons. The van der Waals surface area contributed by atoms with Crippen molar-refractivity contribution in [3.05, 3.63) is 59.7 Å². The van der Waals surface area contributed by atoms with Gasteiger partial charge in [-0.15, -0.1) is 0 Å². The van der Waals surface area contributed by atoms with Crippen LogP contribution in [0.25, 0.3) is 0 Å². The molecule has 0 atom stereocenters. The molecule has 1 N–H and O–H groups in total. The second kappa shape index (κ2) is 10.3. The van der Waals surface area contributed by atoms with E-state index in [-0.39, 0.29) is 11.8 Å². The first-order valence-corrected chi connectivity index (χ1v) is 8.99. The number of aromatic nitrogens is 2. The Bertz CT molecular complexity index is 719. The molecule has 0 spiro atoms. The Labute approximate surface area is 154 Å². The molecular formula is C20H26N4O2. The summed E-state index contributed by atoms with van der Waals surface area (Å²) >= 11 is 0. The number of rotatable bonds is 9. The Morgan fingerprint density at radius 1 is 1.08 bits per heavy atom. The topological polar surface area (TPSA) is 75.2 Å². The summed E-state index contributed by atoms with van der Waals surface area (Å²) in [4.78, 5) is 34.4. The first-order chi connectivity index (χ1) is 12.6. The summed E-state index contributed by atoms with van der Waals surface area (Å²) in [5.74, 6) is -0.338. The number of carbonyl (C=O) groups is 2. The van der Waals surface area contributed by atoms with E-state index in [1.165, 1.54) is 12.4 Å². The number of likely N-dealkylation sites (N-methyl/N-ethyl adjacent to an activating group) is 1. The molecule has 0 aliphatic rings. The van der Waals surface area contributed by atoms with E-state index in [0.717, 1.165) is 31.2 Å². The van der Waals surface area contributed by atoms with Crippen molar-refractivity contribution in [1.82, 2.24) is 20.2 Å². The van der Waals surface area contributed by atoms with E-state index in [0.29, 0.717) is 24.2 Å². The van der Waals surface area contributed by atoms with Crippen LogP contribution in [0.5, 0.6) is 0 Å². The van der Waals surface area contributed by atoms with Gasteiger partial charge in [-0.2, -0.15) is 0 Å². The summed E-state index contributed by atoms with van der Waals surface area (Å²) < 4.78 is 0. The Morgan fingerprint density at radius 3 is 2.54 bits per heavy atom. The molecule has 0 saturated heterocycles. The van der Waals surface area contributed by atoms with Crippen molar-refractivity contribution in [3.8, 4) is 0 Å². The predicted octanol–water partition coefficient (Wildman–Crippen LogP) is 2.71. The minimum Gasteiger partial charge on any atom is -0.352 e. The lowest BCUT2D eigenvalue weighted by Gasteiger charge is -2.17. The standard InChI is InChI=1S/C20H26N4O2/c1-3-4-5-9-23-19(25)17-13-18(15-22-14-17)20(26)24(2)12-8-16-6-10-21-11-7-16/h6-7,10-11,13-15H,3-5,8-9,12H2,1-2H3,(H,23,25). The van der Waals surface area contributed by atoms with Crippen LogP contribution >= 0.6 is 0 Å². The third-order valence-electron chi connectivity index (χ3n) is 4.15. The zero-order valence-electron chi connectivity index (χ0n) is 15.4. The van der Waals surface area contributed by atoms with Crippen molar-refractivity contribution in [1.29, 1.82) is 0 Å². The Balaban J connectivity index is 1.92. The van der Waals surface area contributed by atoms with Crippen LogP contribution in [0.1, 0.15) is 52.5 Å². The number of hydrogen-bond donors (Lipinski definition) is 1. The van der Waals surface area contributed by atoms with Crippen LogP contribution in [-0.4, -0.2) is 46.8 Å². The molecule has 6 nitrogen and oxygen atoms in total. The van der Waals surface area contributed by atoms with Crippen LogP contribution in [0.2, 0.25) is 0 Å². The minimum absolute atomic E-state index is 0.146. The quantitative estimate of drug-likeness (QED) is 0.703. The second-order valence-electron chi connectivity index (χ2n) is 6.26. The molecule has 6 heteroatoms. The number of pyridine rings is 2. The van der Waals surface area contributed by atoms with Crippen LogP contribution in [-0.2, 0) is 6.42 Å². The largest absolute Gasteiger partial charge is 0.352 e. The van der Waals surface area contributed by atoms with Gasteiger partial charge in [-0.25, -0.2) is 0 Å². The fraction of sp³-hybridized carbons (Fsp3) is 0.400. The molecular weight excluding hydrogens is 328 g/mol. The predicted molar refractivity (Wildman–Crippen MR) is 101 cm³/mol. The SMILES string of the molecule is CCCCCNC(=O)c1cncc(C(=O)N(C)CCc2ccncc2)c1. The Morgan fingerprint density at radius 2 is 1.81 bits per heavy atom. The first kappa shape index (κ1) is 19.6. The van der Waals surface area contributed by atoms with Gasteiger partial charge in [0, 0.05) is 44.9 Å². The molecule has 2 amide bonds. The van der Waals surface area contributed by atoms with Crippen LogP contribution < -0.4 is 5.32 Å². The van der Waals surface area contributed by atoms with Crippen molar-refractivity contribution >= 4 is 11.8 Å². The molecule has 0 fully saturated rings. The van der Waals surface area contributed by atoms with Gasteiger partial charge in [-0.1, -0.05) is 19.8 Å². The highest BCUT2D eigenvalue weighted by atomic mass is 16.2. The van der Waals surface area contributed by atoms with E-state index in [4.69, 9.17) is 0 Å². The fourth-order valence-electron chi connectivity index (χ4n) is 2.53. The van der Waals surface area contributed by atoms with Gasteiger partial charge < -0.3 is 10.2 Å². The van der Waals surface area contributed by atoms with Gasteiger partial charge in [0.1, 0.15) is 0 Å². The zero-order chi connectivity index (χ0) is 18.8. The molecule has 0 aliphatic heterocycles. The van der Waals surface area contributed by atoms with Crippen LogP contribution in [0.4, 0.5) is 0 Å². The highest BCUT2D eigenvalue weighted by Gasteiger charge is 2.14. The highest BCUT2D eigenvalue weighted by molar-refractivity contribution is 5.99. The lowest BCUT2D eigenvalue weighted by molar-refractivity contribution is 0.0796. The van der Waals surface area contributed by atoms with Crippen molar-refractivity contribution in [2.45, 2.75) is 32.6 Å². The Hall–Kier alpha value is -2.76. The van der Waals surface area contributed by atoms with Gasteiger partial charge in [0.05, 0.1) is 11.1 Å². The summed E-state index contributed by atoms with van der Waals surface area (Å²) in [5.41, 5.74) is 1.95. The smallest absolute Gasteiger partial charge is 0.255 e. The average Bonchev–Trinajstić information content (AvgIpc) is 2.69. The van der Waals surface area contributed by atoms with E-state index in [1.54, 1.807) is 30.4 Å². The zero-order valence-corrected chi connectivity index (χ0v) is 15.4. The van der Waals surface area contributed by atoms with Crippen molar-refractivity contribution in [2.24, 2.45) is 0 Å². The van der Waals surface area contributed by atoms with Crippen LogP contribution in [0.3, 0.4) is 0 Å². The summed E-state index contributed by atoms with van der Waals surface area (Å²) in [6.45, 7) is 3.33. The van der Waals surface area contributed by atoms with Gasteiger partial charge in [0.25, 0.3) is 11.8 Å². The van der Waals surface area contributed by atoms with Gasteiger partial charge in [0.2, 0.25) is 0 Å². The maximum absolute atomic E-state index is 12.6. The minimum atomic E-state index is -0.192. The molecule has 2 heterocycles. The van der Waals surface area contributed by atoms with Gasteiger partial charge in [0.15, 0.2) is 0 Å².